The van der Waals surface area contributed by atoms with Crippen molar-refractivity contribution >= 4 is 23.5 Å². The Hall–Kier alpha value is -1.75. The molecule has 0 aliphatic heterocycles. The second kappa shape index (κ2) is 9.52. The van der Waals surface area contributed by atoms with Gasteiger partial charge in [0.2, 0.25) is 5.91 Å². The molecule has 1 atom stereocenters. The number of rotatable bonds is 6. The molecule has 0 spiro atoms. The zero-order chi connectivity index (χ0) is 17.4. The molecule has 1 fully saturated rings. The molecule has 24 heavy (non-hydrogen) atoms. The van der Waals surface area contributed by atoms with Gasteiger partial charge in [0.05, 0.1) is 12.6 Å². The van der Waals surface area contributed by atoms with Crippen molar-refractivity contribution in [1.82, 2.24) is 16.0 Å². The molecule has 1 aliphatic carbocycles. The van der Waals surface area contributed by atoms with E-state index in [2.05, 4.69) is 16.0 Å². The van der Waals surface area contributed by atoms with E-state index < -0.39 is 0 Å². The molecule has 3 N–H and O–H groups in total. The van der Waals surface area contributed by atoms with Crippen molar-refractivity contribution in [3.05, 3.63) is 34.9 Å². The molecular formula is C18H26ClN3O2. The molecule has 1 unspecified atom stereocenters. The van der Waals surface area contributed by atoms with Crippen LogP contribution in [-0.4, -0.2) is 24.5 Å². The first-order chi connectivity index (χ1) is 11.6. The zero-order valence-electron chi connectivity index (χ0n) is 14.1. The number of amides is 3. The molecule has 132 valence electrons. The van der Waals surface area contributed by atoms with E-state index in [9.17, 15) is 9.59 Å². The second-order valence-corrected chi connectivity index (χ2v) is 6.68. The smallest absolute Gasteiger partial charge is 0.315 e. The topological polar surface area (TPSA) is 70.2 Å². The summed E-state index contributed by atoms with van der Waals surface area (Å²) in [5.74, 6) is -0.199. The van der Waals surface area contributed by atoms with Gasteiger partial charge in [0.15, 0.2) is 0 Å². The molecule has 1 aliphatic rings. The van der Waals surface area contributed by atoms with E-state index in [1.54, 1.807) is 0 Å². The summed E-state index contributed by atoms with van der Waals surface area (Å²) in [6.45, 7) is 1.98. The minimum Gasteiger partial charge on any atom is -0.348 e. The number of nitrogens with one attached hydrogen (secondary N) is 3. The first-order valence-electron chi connectivity index (χ1n) is 8.67. The van der Waals surface area contributed by atoms with Gasteiger partial charge < -0.3 is 16.0 Å². The highest BCUT2D eigenvalue weighted by atomic mass is 35.5. The largest absolute Gasteiger partial charge is 0.348 e. The van der Waals surface area contributed by atoms with E-state index in [-0.39, 0.29) is 30.6 Å². The van der Waals surface area contributed by atoms with Crippen LogP contribution in [0.3, 0.4) is 0 Å². The minimum absolute atomic E-state index is 0.0252. The average molecular weight is 352 g/mol. The van der Waals surface area contributed by atoms with Crippen LogP contribution in [0.15, 0.2) is 24.3 Å². The van der Waals surface area contributed by atoms with E-state index in [1.807, 2.05) is 31.2 Å². The average Bonchev–Trinajstić information content (AvgIpc) is 2.59. The number of benzene rings is 1. The summed E-state index contributed by atoms with van der Waals surface area (Å²) in [6.07, 6.45) is 6.37. The quantitative estimate of drug-likeness (QED) is 0.733. The van der Waals surface area contributed by atoms with Gasteiger partial charge >= 0.3 is 6.03 Å². The Morgan fingerprint density at radius 2 is 1.83 bits per heavy atom. The Balaban J connectivity index is 1.74. The minimum atomic E-state index is -0.267. The molecule has 1 saturated carbocycles. The maximum Gasteiger partial charge on any atom is 0.315 e. The van der Waals surface area contributed by atoms with Crippen molar-refractivity contribution in [3.63, 3.8) is 0 Å². The summed E-state index contributed by atoms with van der Waals surface area (Å²) in [6, 6.07) is 7.30. The lowest BCUT2D eigenvalue weighted by Crippen LogP contribution is -2.46. The lowest BCUT2D eigenvalue weighted by molar-refractivity contribution is -0.120. The Bertz CT molecular complexity index is 542. The van der Waals surface area contributed by atoms with E-state index in [0.717, 1.165) is 37.7 Å². The fourth-order valence-electron chi connectivity index (χ4n) is 3.01. The zero-order valence-corrected chi connectivity index (χ0v) is 14.9. The first kappa shape index (κ1) is 18.6. The van der Waals surface area contributed by atoms with E-state index in [1.165, 1.54) is 6.42 Å². The molecule has 3 amide bonds. The maximum absolute atomic E-state index is 12.1. The van der Waals surface area contributed by atoms with Crippen LogP contribution in [0.4, 0.5) is 4.79 Å². The van der Waals surface area contributed by atoms with Gasteiger partial charge in [-0.15, -0.1) is 0 Å². The molecule has 0 aromatic heterocycles. The van der Waals surface area contributed by atoms with Gasteiger partial charge in [-0.3, -0.25) is 4.79 Å². The van der Waals surface area contributed by atoms with E-state index in [0.29, 0.717) is 5.02 Å². The van der Waals surface area contributed by atoms with Crippen LogP contribution >= 0.6 is 11.6 Å². The Kier molecular flexibility index (Phi) is 7.37. The van der Waals surface area contributed by atoms with Crippen molar-refractivity contribution in [2.45, 2.75) is 57.5 Å². The summed E-state index contributed by atoms with van der Waals surface area (Å²) in [4.78, 5) is 23.9. The Morgan fingerprint density at radius 1 is 1.17 bits per heavy atom. The number of urea groups is 1. The molecule has 0 heterocycles. The Labute approximate surface area is 148 Å². The van der Waals surface area contributed by atoms with Crippen molar-refractivity contribution in [2.75, 3.05) is 6.54 Å². The third-order valence-corrected chi connectivity index (χ3v) is 4.62. The summed E-state index contributed by atoms with van der Waals surface area (Å²) >= 11 is 5.89. The van der Waals surface area contributed by atoms with Gasteiger partial charge in [-0.2, -0.15) is 0 Å². The summed E-state index contributed by atoms with van der Waals surface area (Å²) in [5.41, 5.74) is 1.00. The lowest BCUT2D eigenvalue weighted by Gasteiger charge is -2.23. The van der Waals surface area contributed by atoms with Crippen molar-refractivity contribution < 1.29 is 9.59 Å². The van der Waals surface area contributed by atoms with Gasteiger partial charge in [0, 0.05) is 11.1 Å². The van der Waals surface area contributed by atoms with Gasteiger partial charge in [-0.25, -0.2) is 4.79 Å². The van der Waals surface area contributed by atoms with E-state index >= 15 is 0 Å². The number of hydrogen-bond acceptors (Lipinski definition) is 2. The van der Waals surface area contributed by atoms with Crippen LogP contribution in [0.1, 0.15) is 57.1 Å². The molecule has 0 saturated heterocycles. The highest BCUT2D eigenvalue weighted by Crippen LogP contribution is 2.19. The van der Waals surface area contributed by atoms with Gasteiger partial charge in [0.25, 0.3) is 0 Å². The van der Waals surface area contributed by atoms with Crippen LogP contribution in [0.5, 0.6) is 0 Å². The third-order valence-electron chi connectivity index (χ3n) is 4.37. The van der Waals surface area contributed by atoms with Gasteiger partial charge in [0.1, 0.15) is 0 Å². The van der Waals surface area contributed by atoms with Crippen LogP contribution in [0, 0.1) is 0 Å². The molecule has 6 heteroatoms. The van der Waals surface area contributed by atoms with Crippen molar-refractivity contribution in [2.24, 2.45) is 0 Å². The summed E-state index contributed by atoms with van der Waals surface area (Å²) in [5, 5.41) is 9.18. The van der Waals surface area contributed by atoms with Crippen LogP contribution in [0.2, 0.25) is 5.02 Å². The SMILES string of the molecule is CCC(NC(=O)CNC(=O)NC1CCCCC1)c1ccc(Cl)cc1. The van der Waals surface area contributed by atoms with Gasteiger partial charge in [-0.05, 0) is 37.0 Å². The first-order valence-corrected chi connectivity index (χ1v) is 9.05. The van der Waals surface area contributed by atoms with Crippen LogP contribution in [-0.2, 0) is 4.79 Å². The van der Waals surface area contributed by atoms with Gasteiger partial charge in [-0.1, -0.05) is 49.9 Å². The fourth-order valence-corrected chi connectivity index (χ4v) is 3.13. The highest BCUT2D eigenvalue weighted by Gasteiger charge is 2.17. The highest BCUT2D eigenvalue weighted by molar-refractivity contribution is 6.30. The lowest BCUT2D eigenvalue weighted by atomic mass is 9.96. The maximum atomic E-state index is 12.1. The monoisotopic (exact) mass is 351 g/mol. The Morgan fingerprint density at radius 3 is 2.46 bits per heavy atom. The third kappa shape index (κ3) is 6.04. The number of halogens is 1. The molecule has 1 aromatic carbocycles. The number of carbonyl (C=O) groups is 2. The fraction of sp³-hybridized carbons (Fsp3) is 0.556. The molecule has 0 radical (unpaired) electrons. The predicted octanol–water partition coefficient (Wildman–Crippen LogP) is 3.54. The summed E-state index contributed by atoms with van der Waals surface area (Å²) in [7, 11) is 0. The standard InChI is InChI=1S/C18H26ClN3O2/c1-2-16(13-8-10-14(19)11-9-13)22-17(23)12-20-18(24)21-15-6-4-3-5-7-15/h8-11,15-16H,2-7,12H2,1H3,(H,22,23)(H2,20,21,24). The van der Waals surface area contributed by atoms with E-state index in [4.69, 9.17) is 11.6 Å². The number of carbonyl (C=O) groups excluding carboxylic acids is 2. The molecule has 5 nitrogen and oxygen atoms in total. The van der Waals surface area contributed by atoms with Crippen LogP contribution < -0.4 is 16.0 Å². The molecule has 0 bridgehead atoms. The second-order valence-electron chi connectivity index (χ2n) is 6.24. The normalized spacial score (nSPS) is 16.2. The van der Waals surface area contributed by atoms with Crippen LogP contribution in [0.25, 0.3) is 0 Å². The predicted molar refractivity (Wildman–Crippen MR) is 96.0 cm³/mol. The molecule has 2 rings (SSSR count). The number of hydrogen-bond donors (Lipinski definition) is 3. The van der Waals surface area contributed by atoms with Crippen molar-refractivity contribution in [3.8, 4) is 0 Å². The molecular weight excluding hydrogens is 326 g/mol. The summed E-state index contributed by atoms with van der Waals surface area (Å²) < 4.78 is 0. The van der Waals surface area contributed by atoms with Crippen molar-refractivity contribution in [1.29, 1.82) is 0 Å². The molecule has 1 aromatic rings.